The van der Waals surface area contributed by atoms with Crippen LogP contribution in [-0.2, 0) is 12.8 Å². The lowest BCUT2D eigenvalue weighted by Gasteiger charge is -2.14. The van der Waals surface area contributed by atoms with Crippen LogP contribution in [-0.4, -0.2) is 33.2 Å². The zero-order valence-electron chi connectivity index (χ0n) is 16.3. The van der Waals surface area contributed by atoms with Crippen LogP contribution >= 0.6 is 12.6 Å². The molecule has 0 amide bonds. The van der Waals surface area contributed by atoms with E-state index in [2.05, 4.69) is 40.8 Å². The zero-order valence-corrected chi connectivity index (χ0v) is 17.2. The standard InChI is InChI=1S/C22H25N3O2S/c1-4-14-11-17(19(27)12-18(14)26)21-20(22(28)25-24-21)16-8-6-7-13(3)15(16)9-10-23-5-2/h6-8,10-12,26-27H,4-5,9H2,1-3H3,(H2,24,25,28)/b23-10+. The summed E-state index contributed by atoms with van der Waals surface area (Å²) in [6.45, 7) is 6.79. The molecule has 5 nitrogen and oxygen atoms in total. The SMILES string of the molecule is CC/N=C/Cc1c(C)cccc1-c1c(S)n[nH]c1-c1cc(CC)c(O)cc1O. The van der Waals surface area contributed by atoms with Gasteiger partial charge in [-0.3, -0.25) is 10.1 Å². The molecule has 1 heterocycles. The summed E-state index contributed by atoms with van der Waals surface area (Å²) in [5.74, 6) is 0.0811. The number of aryl methyl sites for hydroxylation is 2. The van der Waals surface area contributed by atoms with Crippen LogP contribution in [0.1, 0.15) is 30.5 Å². The second kappa shape index (κ2) is 8.52. The summed E-state index contributed by atoms with van der Waals surface area (Å²) in [7, 11) is 0. The Bertz CT molecular complexity index is 1020. The molecule has 3 N–H and O–H groups in total. The third-order valence-corrected chi connectivity index (χ3v) is 5.20. The topological polar surface area (TPSA) is 81.5 Å². The minimum Gasteiger partial charge on any atom is -0.508 e. The van der Waals surface area contributed by atoms with Crippen molar-refractivity contribution in [3.05, 3.63) is 47.0 Å². The van der Waals surface area contributed by atoms with E-state index >= 15 is 0 Å². The van der Waals surface area contributed by atoms with Crippen molar-refractivity contribution in [1.29, 1.82) is 0 Å². The third-order valence-electron chi connectivity index (χ3n) is 4.88. The number of thiol groups is 1. The highest BCUT2D eigenvalue weighted by Crippen LogP contribution is 2.42. The van der Waals surface area contributed by atoms with Gasteiger partial charge in [-0.25, -0.2) is 0 Å². The number of phenols is 2. The van der Waals surface area contributed by atoms with Gasteiger partial charge in [0, 0.05) is 36.4 Å². The molecule has 0 aliphatic carbocycles. The molecule has 0 atom stereocenters. The number of aromatic nitrogens is 2. The number of benzene rings is 2. The van der Waals surface area contributed by atoms with Crippen LogP contribution in [0.25, 0.3) is 22.4 Å². The minimum atomic E-state index is -0.00492. The van der Waals surface area contributed by atoms with Crippen LogP contribution in [0.3, 0.4) is 0 Å². The summed E-state index contributed by atoms with van der Waals surface area (Å²) < 4.78 is 0. The molecule has 0 aliphatic heterocycles. The maximum atomic E-state index is 10.5. The van der Waals surface area contributed by atoms with Crippen molar-refractivity contribution in [1.82, 2.24) is 10.2 Å². The fraction of sp³-hybridized carbons (Fsp3) is 0.273. The van der Waals surface area contributed by atoms with Crippen LogP contribution in [0.4, 0.5) is 0 Å². The molecule has 3 rings (SSSR count). The molecular weight excluding hydrogens is 370 g/mol. The molecule has 2 aromatic carbocycles. The van der Waals surface area contributed by atoms with Crippen LogP contribution in [0, 0.1) is 6.92 Å². The number of phenolic OH excluding ortho intramolecular Hbond substituents is 2. The van der Waals surface area contributed by atoms with Gasteiger partial charge in [-0.1, -0.05) is 25.1 Å². The van der Waals surface area contributed by atoms with E-state index in [0.717, 1.165) is 34.4 Å². The van der Waals surface area contributed by atoms with Crippen molar-refractivity contribution in [2.45, 2.75) is 38.6 Å². The van der Waals surface area contributed by atoms with Crippen molar-refractivity contribution in [3.63, 3.8) is 0 Å². The molecule has 0 spiro atoms. The number of aromatic hydroxyl groups is 2. The summed E-state index contributed by atoms with van der Waals surface area (Å²) in [6, 6.07) is 9.28. The summed E-state index contributed by atoms with van der Waals surface area (Å²) in [5.41, 5.74) is 6.16. The van der Waals surface area contributed by atoms with E-state index < -0.39 is 0 Å². The van der Waals surface area contributed by atoms with Gasteiger partial charge in [-0.15, -0.1) is 12.6 Å². The third kappa shape index (κ3) is 3.78. The van der Waals surface area contributed by atoms with Gasteiger partial charge in [-0.05, 0) is 48.6 Å². The number of hydrogen-bond donors (Lipinski definition) is 4. The van der Waals surface area contributed by atoms with Gasteiger partial charge in [-0.2, -0.15) is 5.10 Å². The van der Waals surface area contributed by atoms with E-state index in [9.17, 15) is 10.2 Å². The summed E-state index contributed by atoms with van der Waals surface area (Å²) in [4.78, 5) is 4.34. The minimum absolute atomic E-state index is 0.00492. The summed E-state index contributed by atoms with van der Waals surface area (Å²) in [5, 5.41) is 28.4. The number of hydrogen-bond acceptors (Lipinski definition) is 5. The maximum absolute atomic E-state index is 10.5. The lowest BCUT2D eigenvalue weighted by molar-refractivity contribution is 0.447. The van der Waals surface area contributed by atoms with E-state index in [1.807, 2.05) is 32.2 Å². The Labute approximate surface area is 170 Å². The second-order valence-corrected chi connectivity index (χ2v) is 7.06. The van der Waals surface area contributed by atoms with Crippen LogP contribution in [0.2, 0.25) is 0 Å². The summed E-state index contributed by atoms with van der Waals surface area (Å²) in [6.07, 6.45) is 3.28. The Morgan fingerprint density at radius 2 is 1.93 bits per heavy atom. The van der Waals surface area contributed by atoms with Crippen molar-refractivity contribution in [2.24, 2.45) is 4.99 Å². The van der Waals surface area contributed by atoms with Gasteiger partial charge >= 0.3 is 0 Å². The Hall–Kier alpha value is -2.73. The highest BCUT2D eigenvalue weighted by molar-refractivity contribution is 7.80. The average Bonchev–Trinajstić information content (AvgIpc) is 3.04. The first kappa shape index (κ1) is 20.0. The van der Waals surface area contributed by atoms with Crippen molar-refractivity contribution >= 4 is 18.8 Å². The van der Waals surface area contributed by atoms with Crippen LogP contribution in [0.15, 0.2) is 40.4 Å². The maximum Gasteiger partial charge on any atom is 0.128 e. The highest BCUT2D eigenvalue weighted by atomic mass is 32.1. The molecule has 0 saturated heterocycles. The van der Waals surface area contributed by atoms with Crippen molar-refractivity contribution in [3.8, 4) is 33.9 Å². The van der Waals surface area contributed by atoms with Gasteiger partial charge in [0.2, 0.25) is 0 Å². The summed E-state index contributed by atoms with van der Waals surface area (Å²) >= 11 is 4.57. The Morgan fingerprint density at radius 1 is 1.14 bits per heavy atom. The van der Waals surface area contributed by atoms with Crippen molar-refractivity contribution in [2.75, 3.05) is 6.54 Å². The molecule has 0 radical (unpaired) electrons. The Morgan fingerprint density at radius 3 is 2.64 bits per heavy atom. The molecule has 6 heteroatoms. The Balaban J connectivity index is 2.21. The van der Waals surface area contributed by atoms with E-state index in [4.69, 9.17) is 0 Å². The molecule has 0 saturated carbocycles. The molecule has 3 aromatic rings. The van der Waals surface area contributed by atoms with E-state index in [1.165, 1.54) is 6.07 Å². The highest BCUT2D eigenvalue weighted by Gasteiger charge is 2.21. The first-order valence-corrected chi connectivity index (χ1v) is 9.82. The second-order valence-electron chi connectivity index (χ2n) is 6.64. The fourth-order valence-corrected chi connectivity index (χ4v) is 3.66. The molecule has 146 valence electrons. The first-order valence-electron chi connectivity index (χ1n) is 9.37. The van der Waals surface area contributed by atoms with E-state index in [-0.39, 0.29) is 11.5 Å². The number of nitrogens with one attached hydrogen (secondary N) is 1. The number of rotatable bonds is 6. The average molecular weight is 396 g/mol. The monoisotopic (exact) mass is 395 g/mol. The van der Waals surface area contributed by atoms with Crippen molar-refractivity contribution < 1.29 is 10.2 Å². The van der Waals surface area contributed by atoms with Crippen LogP contribution in [0.5, 0.6) is 11.5 Å². The van der Waals surface area contributed by atoms with Gasteiger partial charge in [0.05, 0.1) is 5.69 Å². The van der Waals surface area contributed by atoms with E-state index in [1.54, 1.807) is 6.07 Å². The number of aliphatic imine (C=N–C) groups is 1. The lowest BCUT2D eigenvalue weighted by atomic mass is 9.92. The van der Waals surface area contributed by atoms with E-state index in [0.29, 0.717) is 29.1 Å². The molecule has 1 aromatic heterocycles. The predicted molar refractivity (Wildman–Crippen MR) is 117 cm³/mol. The molecule has 0 fully saturated rings. The quantitative estimate of drug-likeness (QED) is 0.352. The molecule has 0 bridgehead atoms. The predicted octanol–water partition coefficient (Wildman–Crippen LogP) is 4.95. The van der Waals surface area contributed by atoms with Gasteiger partial charge in [0.15, 0.2) is 0 Å². The fourth-order valence-electron chi connectivity index (χ4n) is 3.38. The number of aromatic amines is 1. The molecule has 0 unspecified atom stereocenters. The molecular formula is C22H25N3O2S. The first-order chi connectivity index (χ1) is 13.5. The zero-order chi connectivity index (χ0) is 20.3. The molecule has 0 aliphatic rings. The van der Waals surface area contributed by atoms with Gasteiger partial charge in [0.1, 0.15) is 16.5 Å². The lowest BCUT2D eigenvalue weighted by Crippen LogP contribution is -1.97. The normalized spacial score (nSPS) is 11.4. The smallest absolute Gasteiger partial charge is 0.128 e. The number of nitrogens with zero attached hydrogens (tertiary/aromatic N) is 2. The number of H-pyrrole nitrogens is 1. The van der Waals surface area contributed by atoms with Gasteiger partial charge < -0.3 is 10.2 Å². The van der Waals surface area contributed by atoms with Crippen LogP contribution < -0.4 is 0 Å². The largest absolute Gasteiger partial charge is 0.508 e. The molecule has 28 heavy (non-hydrogen) atoms. The Kier molecular flexibility index (Phi) is 6.09. The van der Waals surface area contributed by atoms with Gasteiger partial charge in [0.25, 0.3) is 0 Å².